The molecule has 2 aliphatic heterocycles. The van der Waals surface area contributed by atoms with E-state index in [0.717, 1.165) is 17.1 Å². The summed E-state index contributed by atoms with van der Waals surface area (Å²) in [4.78, 5) is 2.57. The van der Waals surface area contributed by atoms with E-state index in [1.165, 1.54) is 34.9 Å². The van der Waals surface area contributed by atoms with Crippen molar-refractivity contribution in [3.8, 4) is 0 Å². The van der Waals surface area contributed by atoms with Crippen molar-refractivity contribution in [1.82, 2.24) is 4.90 Å². The van der Waals surface area contributed by atoms with E-state index in [0.29, 0.717) is 6.04 Å². The summed E-state index contributed by atoms with van der Waals surface area (Å²) < 4.78 is 1.21. The second kappa shape index (κ2) is 5.17. The molecule has 18 heavy (non-hydrogen) atoms. The molecule has 1 aromatic carbocycles. The fraction of sp³-hybridized carbons (Fsp3) is 0.571. The van der Waals surface area contributed by atoms with E-state index in [9.17, 15) is 0 Å². The number of nitrogens with one attached hydrogen (secondary N) is 1. The SMILES string of the molecule is CN1C2CCC1CC(Nc1ccc(Cl)cc1I)C2. The van der Waals surface area contributed by atoms with Gasteiger partial charge in [0.15, 0.2) is 0 Å². The third-order valence-corrected chi connectivity index (χ3v) is 5.52. The molecule has 0 spiro atoms. The number of nitrogens with zero attached hydrogens (tertiary/aromatic N) is 1. The molecule has 3 rings (SSSR count). The van der Waals surface area contributed by atoms with Crippen LogP contribution in [-0.4, -0.2) is 30.1 Å². The Kier molecular flexibility index (Phi) is 3.74. The maximum absolute atomic E-state index is 6.00. The van der Waals surface area contributed by atoms with Crippen molar-refractivity contribution < 1.29 is 0 Å². The summed E-state index contributed by atoms with van der Waals surface area (Å²) in [5, 5.41) is 4.52. The standard InChI is InChI=1S/C14H18ClIN2/c1-18-11-3-4-12(18)8-10(7-11)17-14-5-2-9(15)6-13(14)16/h2,5-6,10-12,17H,3-4,7-8H2,1H3. The second-order valence-electron chi connectivity index (χ2n) is 5.49. The Balaban J connectivity index is 1.70. The molecule has 2 bridgehead atoms. The molecule has 0 radical (unpaired) electrons. The highest BCUT2D eigenvalue weighted by Gasteiger charge is 2.38. The van der Waals surface area contributed by atoms with Crippen LogP contribution in [0.5, 0.6) is 0 Å². The monoisotopic (exact) mass is 376 g/mol. The summed E-state index contributed by atoms with van der Waals surface area (Å²) in [5.41, 5.74) is 1.23. The van der Waals surface area contributed by atoms with Gasteiger partial charge in [0.1, 0.15) is 0 Å². The van der Waals surface area contributed by atoms with Crippen molar-refractivity contribution in [2.45, 2.75) is 43.8 Å². The predicted molar refractivity (Wildman–Crippen MR) is 85.4 cm³/mol. The zero-order valence-electron chi connectivity index (χ0n) is 10.5. The maximum Gasteiger partial charge on any atom is 0.0479 e. The molecule has 2 aliphatic rings. The topological polar surface area (TPSA) is 15.3 Å². The van der Waals surface area contributed by atoms with Crippen LogP contribution in [0, 0.1) is 3.57 Å². The van der Waals surface area contributed by atoms with Gasteiger partial charge in [0.2, 0.25) is 0 Å². The number of rotatable bonds is 2. The third kappa shape index (κ3) is 2.49. The summed E-state index contributed by atoms with van der Waals surface area (Å²) in [6.07, 6.45) is 5.28. The largest absolute Gasteiger partial charge is 0.381 e. The zero-order valence-corrected chi connectivity index (χ0v) is 13.4. The van der Waals surface area contributed by atoms with Crippen molar-refractivity contribution in [2.24, 2.45) is 0 Å². The summed E-state index contributed by atoms with van der Waals surface area (Å²) in [6.45, 7) is 0. The van der Waals surface area contributed by atoms with E-state index < -0.39 is 0 Å². The van der Waals surface area contributed by atoms with E-state index in [1.54, 1.807) is 0 Å². The molecule has 2 heterocycles. The molecule has 0 aliphatic carbocycles. The molecule has 1 N–H and O–H groups in total. The van der Waals surface area contributed by atoms with Gasteiger partial charge in [0.25, 0.3) is 0 Å². The van der Waals surface area contributed by atoms with E-state index >= 15 is 0 Å². The lowest BCUT2D eigenvalue weighted by Crippen LogP contribution is -2.44. The molecule has 1 aromatic rings. The van der Waals surface area contributed by atoms with Crippen LogP contribution in [-0.2, 0) is 0 Å². The van der Waals surface area contributed by atoms with Crippen LogP contribution in [0.4, 0.5) is 5.69 Å². The Morgan fingerprint density at radius 2 is 1.94 bits per heavy atom. The first-order valence-corrected chi connectivity index (χ1v) is 8.02. The predicted octanol–water partition coefficient (Wildman–Crippen LogP) is 3.98. The van der Waals surface area contributed by atoms with Crippen molar-refractivity contribution in [3.05, 3.63) is 26.8 Å². The molecular weight excluding hydrogens is 359 g/mol. The average Bonchev–Trinajstić information content (AvgIpc) is 2.57. The number of hydrogen-bond donors (Lipinski definition) is 1. The van der Waals surface area contributed by atoms with Crippen molar-refractivity contribution in [3.63, 3.8) is 0 Å². The molecule has 0 saturated carbocycles. The third-order valence-electron chi connectivity index (χ3n) is 4.39. The summed E-state index contributed by atoms with van der Waals surface area (Å²) in [5.74, 6) is 0. The van der Waals surface area contributed by atoms with E-state index in [2.05, 4.69) is 45.9 Å². The lowest BCUT2D eigenvalue weighted by atomic mass is 9.98. The number of anilines is 1. The first kappa shape index (κ1) is 13.0. The van der Waals surface area contributed by atoms with Crippen LogP contribution in [0.25, 0.3) is 0 Å². The van der Waals surface area contributed by atoms with Crippen LogP contribution in [0.2, 0.25) is 5.02 Å². The van der Waals surface area contributed by atoms with Crippen LogP contribution in [0.1, 0.15) is 25.7 Å². The lowest BCUT2D eigenvalue weighted by molar-refractivity contribution is 0.169. The minimum Gasteiger partial charge on any atom is -0.381 e. The highest BCUT2D eigenvalue weighted by atomic mass is 127. The quantitative estimate of drug-likeness (QED) is 0.785. The van der Waals surface area contributed by atoms with Gasteiger partial charge in [-0.05, 0) is 73.5 Å². The van der Waals surface area contributed by atoms with Crippen molar-refractivity contribution in [1.29, 1.82) is 0 Å². The highest BCUT2D eigenvalue weighted by Crippen LogP contribution is 2.36. The summed E-state index contributed by atoms with van der Waals surface area (Å²) >= 11 is 8.35. The number of fused-ring (bicyclic) bond motifs is 2. The van der Waals surface area contributed by atoms with E-state index in [1.807, 2.05) is 12.1 Å². The smallest absolute Gasteiger partial charge is 0.0479 e. The summed E-state index contributed by atoms with van der Waals surface area (Å²) in [6, 6.07) is 8.28. The average molecular weight is 377 g/mol. The van der Waals surface area contributed by atoms with E-state index in [-0.39, 0.29) is 0 Å². The summed E-state index contributed by atoms with van der Waals surface area (Å²) in [7, 11) is 2.28. The maximum atomic E-state index is 6.00. The fourth-order valence-corrected chi connectivity index (χ4v) is 4.38. The molecule has 2 unspecified atom stereocenters. The molecular formula is C14H18ClIN2. The lowest BCUT2D eigenvalue weighted by Gasteiger charge is -2.37. The van der Waals surface area contributed by atoms with Crippen LogP contribution >= 0.6 is 34.2 Å². The van der Waals surface area contributed by atoms with Gasteiger partial charge in [-0.25, -0.2) is 0 Å². The Labute approximate surface area is 127 Å². The minimum absolute atomic E-state index is 0.619. The highest BCUT2D eigenvalue weighted by molar-refractivity contribution is 14.1. The molecule has 0 amide bonds. The van der Waals surface area contributed by atoms with Gasteiger partial charge in [0, 0.05) is 32.4 Å². The van der Waals surface area contributed by atoms with Gasteiger partial charge in [-0.1, -0.05) is 11.6 Å². The molecule has 0 aromatic heterocycles. The van der Waals surface area contributed by atoms with Crippen LogP contribution in [0.15, 0.2) is 18.2 Å². The molecule has 2 nitrogen and oxygen atoms in total. The zero-order chi connectivity index (χ0) is 12.7. The van der Waals surface area contributed by atoms with Crippen LogP contribution in [0.3, 0.4) is 0 Å². The van der Waals surface area contributed by atoms with E-state index in [4.69, 9.17) is 11.6 Å². The molecule has 2 fully saturated rings. The molecule has 2 saturated heterocycles. The van der Waals surface area contributed by atoms with Gasteiger partial charge in [-0.2, -0.15) is 0 Å². The Morgan fingerprint density at radius 3 is 2.56 bits per heavy atom. The molecule has 4 heteroatoms. The van der Waals surface area contributed by atoms with Gasteiger partial charge in [0.05, 0.1) is 0 Å². The van der Waals surface area contributed by atoms with Crippen molar-refractivity contribution >= 4 is 39.9 Å². The fourth-order valence-electron chi connectivity index (χ4n) is 3.36. The molecule has 2 atom stereocenters. The normalized spacial score (nSPS) is 31.6. The Morgan fingerprint density at radius 1 is 1.28 bits per heavy atom. The van der Waals surface area contributed by atoms with Crippen LogP contribution < -0.4 is 5.32 Å². The number of halogens is 2. The Hall–Kier alpha value is -0.000000000000000111. The number of benzene rings is 1. The van der Waals surface area contributed by atoms with Gasteiger partial charge in [-0.3, -0.25) is 0 Å². The second-order valence-corrected chi connectivity index (χ2v) is 7.09. The van der Waals surface area contributed by atoms with Gasteiger partial charge in [-0.15, -0.1) is 0 Å². The van der Waals surface area contributed by atoms with Gasteiger partial charge < -0.3 is 10.2 Å². The number of hydrogen-bond acceptors (Lipinski definition) is 2. The Bertz CT molecular complexity index is 437. The van der Waals surface area contributed by atoms with Gasteiger partial charge >= 0.3 is 0 Å². The van der Waals surface area contributed by atoms with Crippen molar-refractivity contribution in [2.75, 3.05) is 12.4 Å². The first-order chi connectivity index (χ1) is 8.63. The first-order valence-electron chi connectivity index (χ1n) is 6.57. The minimum atomic E-state index is 0.619. The number of piperidine rings is 1. The molecule has 98 valence electrons.